The molecule has 2 aromatic carbocycles. The van der Waals surface area contributed by atoms with E-state index in [4.69, 9.17) is 9.47 Å². The van der Waals surface area contributed by atoms with E-state index in [1.165, 1.54) is 38.6 Å². The summed E-state index contributed by atoms with van der Waals surface area (Å²) in [7, 11) is 0. The second-order valence-electron chi connectivity index (χ2n) is 9.14. The molecule has 4 heteroatoms. The molecule has 2 unspecified atom stereocenters. The van der Waals surface area contributed by atoms with Crippen LogP contribution in [0.1, 0.15) is 69.7 Å². The summed E-state index contributed by atoms with van der Waals surface area (Å²) in [5.74, 6) is 1.01. The van der Waals surface area contributed by atoms with Gasteiger partial charge in [-0.05, 0) is 63.4 Å². The number of unbranched alkanes of at least 4 members (excludes halogenated alkanes) is 5. The van der Waals surface area contributed by atoms with E-state index in [1.54, 1.807) is 6.92 Å². The number of carbonyl (C=O) groups excluding carboxylic acids is 1. The van der Waals surface area contributed by atoms with E-state index in [1.807, 2.05) is 36.4 Å². The van der Waals surface area contributed by atoms with E-state index < -0.39 is 0 Å². The predicted molar refractivity (Wildman–Crippen MR) is 132 cm³/mol. The number of nitrogens with zero attached hydrogens (tertiary/aromatic N) is 1. The zero-order valence-electron chi connectivity index (χ0n) is 20.0. The molecule has 0 radical (unpaired) electrons. The monoisotopic (exact) mass is 437 g/mol. The molecule has 2 atom stereocenters. The Morgan fingerprint density at radius 3 is 1.97 bits per heavy atom. The van der Waals surface area contributed by atoms with E-state index in [0.717, 1.165) is 48.6 Å². The molecule has 1 fully saturated rings. The van der Waals surface area contributed by atoms with Crippen molar-refractivity contribution in [2.24, 2.45) is 0 Å². The van der Waals surface area contributed by atoms with Gasteiger partial charge in [0.25, 0.3) is 0 Å². The highest BCUT2D eigenvalue weighted by Gasteiger charge is 2.21. The Morgan fingerprint density at radius 1 is 0.844 bits per heavy atom. The minimum atomic E-state index is 0.0950. The third kappa shape index (κ3) is 8.07. The van der Waals surface area contributed by atoms with Crippen LogP contribution >= 0.6 is 0 Å². The molecule has 0 spiro atoms. The molecule has 32 heavy (non-hydrogen) atoms. The first-order valence-electron chi connectivity index (χ1n) is 12.2. The number of benzene rings is 2. The van der Waals surface area contributed by atoms with Crippen molar-refractivity contribution in [3.05, 3.63) is 54.1 Å². The molecule has 1 aliphatic rings. The van der Waals surface area contributed by atoms with Gasteiger partial charge in [-0.25, -0.2) is 0 Å². The molecule has 0 amide bonds. The molecule has 174 valence electrons. The van der Waals surface area contributed by atoms with Crippen LogP contribution in [0, 0.1) is 0 Å². The molecular weight excluding hydrogens is 398 g/mol. The molecule has 0 saturated carbocycles. The lowest BCUT2D eigenvalue weighted by molar-refractivity contribution is -0.0681. The van der Waals surface area contributed by atoms with Gasteiger partial charge in [0.1, 0.15) is 5.75 Å². The largest absolute Gasteiger partial charge is 0.494 e. The highest BCUT2D eigenvalue weighted by molar-refractivity contribution is 5.94. The topological polar surface area (TPSA) is 38.8 Å². The number of ketones is 1. The minimum absolute atomic E-state index is 0.0950. The van der Waals surface area contributed by atoms with Crippen LogP contribution in [-0.4, -0.2) is 49.1 Å². The number of Topliss-reactive ketones (excluding diaryl/α,β-unsaturated/α-hetero) is 1. The lowest BCUT2D eigenvalue weighted by Gasteiger charge is -2.35. The van der Waals surface area contributed by atoms with Gasteiger partial charge < -0.3 is 9.47 Å². The summed E-state index contributed by atoms with van der Waals surface area (Å²) in [5, 5.41) is 0. The SMILES string of the molecule is CC(=O)c1ccc(-c2ccc(OCCCCCCCCN3CC(C)OC(C)C3)cc2)cc1. The summed E-state index contributed by atoms with van der Waals surface area (Å²) >= 11 is 0. The highest BCUT2D eigenvalue weighted by Crippen LogP contribution is 2.23. The van der Waals surface area contributed by atoms with Gasteiger partial charge in [-0.3, -0.25) is 9.69 Å². The van der Waals surface area contributed by atoms with Gasteiger partial charge in [0.2, 0.25) is 0 Å². The molecule has 0 bridgehead atoms. The fraction of sp³-hybridized carbons (Fsp3) is 0.536. The summed E-state index contributed by atoms with van der Waals surface area (Å²) < 4.78 is 11.7. The van der Waals surface area contributed by atoms with E-state index in [9.17, 15) is 4.79 Å². The first kappa shape index (κ1) is 24.5. The molecule has 0 N–H and O–H groups in total. The van der Waals surface area contributed by atoms with Gasteiger partial charge in [0.05, 0.1) is 18.8 Å². The van der Waals surface area contributed by atoms with Gasteiger partial charge >= 0.3 is 0 Å². The Kier molecular flexibility index (Phi) is 9.76. The van der Waals surface area contributed by atoms with Crippen LogP contribution in [0.5, 0.6) is 5.75 Å². The molecular formula is C28H39NO3. The minimum Gasteiger partial charge on any atom is -0.494 e. The second-order valence-corrected chi connectivity index (χ2v) is 9.14. The van der Waals surface area contributed by atoms with Crippen molar-refractivity contribution in [2.75, 3.05) is 26.2 Å². The zero-order chi connectivity index (χ0) is 22.8. The van der Waals surface area contributed by atoms with Crippen LogP contribution in [0.3, 0.4) is 0 Å². The first-order valence-corrected chi connectivity index (χ1v) is 12.2. The number of rotatable bonds is 12. The van der Waals surface area contributed by atoms with Crippen molar-refractivity contribution < 1.29 is 14.3 Å². The van der Waals surface area contributed by atoms with Crippen molar-refractivity contribution in [3.8, 4) is 16.9 Å². The van der Waals surface area contributed by atoms with Gasteiger partial charge in [-0.1, -0.05) is 62.1 Å². The first-order chi connectivity index (χ1) is 15.5. The van der Waals surface area contributed by atoms with Gasteiger partial charge in [-0.2, -0.15) is 0 Å². The molecule has 0 aromatic heterocycles. The Bertz CT molecular complexity index is 806. The van der Waals surface area contributed by atoms with Crippen molar-refractivity contribution in [2.45, 2.75) is 71.5 Å². The Hall–Kier alpha value is -2.17. The fourth-order valence-electron chi connectivity index (χ4n) is 4.44. The third-order valence-corrected chi connectivity index (χ3v) is 6.11. The van der Waals surface area contributed by atoms with Gasteiger partial charge in [0.15, 0.2) is 5.78 Å². The van der Waals surface area contributed by atoms with Crippen molar-refractivity contribution in [3.63, 3.8) is 0 Å². The predicted octanol–water partition coefficient (Wildman–Crippen LogP) is 6.38. The number of hydrogen-bond acceptors (Lipinski definition) is 4. The second kappa shape index (κ2) is 12.8. The summed E-state index contributed by atoms with van der Waals surface area (Å²) in [4.78, 5) is 14.0. The van der Waals surface area contributed by atoms with Crippen LogP contribution in [0.15, 0.2) is 48.5 Å². The maximum Gasteiger partial charge on any atom is 0.159 e. The standard InChI is InChI=1S/C28H39NO3/c1-22-20-29(21-23(2)32-22)18-8-6-4-5-7-9-19-31-28-16-14-27(15-17-28)26-12-10-25(11-13-26)24(3)30/h10-17,22-23H,4-9,18-21H2,1-3H3. The Labute approximate surface area is 193 Å². The van der Waals surface area contributed by atoms with Crippen LogP contribution in [0.4, 0.5) is 0 Å². The van der Waals surface area contributed by atoms with Crippen LogP contribution in [0.25, 0.3) is 11.1 Å². The summed E-state index contributed by atoms with van der Waals surface area (Å²) in [6.45, 7) is 10.1. The summed E-state index contributed by atoms with van der Waals surface area (Å²) in [5.41, 5.74) is 2.99. The smallest absolute Gasteiger partial charge is 0.159 e. The number of hydrogen-bond donors (Lipinski definition) is 0. The van der Waals surface area contributed by atoms with Crippen molar-refractivity contribution in [1.82, 2.24) is 4.90 Å². The quantitative estimate of drug-likeness (QED) is 0.285. The third-order valence-electron chi connectivity index (χ3n) is 6.11. The van der Waals surface area contributed by atoms with Crippen molar-refractivity contribution >= 4 is 5.78 Å². The summed E-state index contributed by atoms with van der Waals surface area (Å²) in [6, 6.07) is 16.0. The number of ether oxygens (including phenoxy) is 2. The Balaban J connectivity index is 1.24. The normalized spacial score (nSPS) is 19.1. The van der Waals surface area contributed by atoms with E-state index >= 15 is 0 Å². The van der Waals surface area contributed by atoms with Crippen LogP contribution in [0.2, 0.25) is 0 Å². The molecule has 0 aliphatic carbocycles. The molecule has 1 aliphatic heterocycles. The molecule has 3 rings (SSSR count). The van der Waals surface area contributed by atoms with Gasteiger partial charge in [-0.15, -0.1) is 0 Å². The highest BCUT2D eigenvalue weighted by atomic mass is 16.5. The Morgan fingerprint density at radius 2 is 1.38 bits per heavy atom. The lowest BCUT2D eigenvalue weighted by Crippen LogP contribution is -2.45. The van der Waals surface area contributed by atoms with E-state index in [0.29, 0.717) is 12.2 Å². The van der Waals surface area contributed by atoms with E-state index in [2.05, 4.69) is 30.9 Å². The van der Waals surface area contributed by atoms with E-state index in [-0.39, 0.29) is 5.78 Å². The number of carbonyl (C=O) groups is 1. The zero-order valence-corrected chi connectivity index (χ0v) is 20.0. The van der Waals surface area contributed by atoms with Crippen molar-refractivity contribution in [1.29, 1.82) is 0 Å². The molecule has 1 heterocycles. The summed E-state index contributed by atoms with van der Waals surface area (Å²) in [6.07, 6.45) is 8.28. The van der Waals surface area contributed by atoms with Gasteiger partial charge in [0, 0.05) is 18.7 Å². The number of morpholine rings is 1. The maximum absolute atomic E-state index is 11.4. The molecule has 4 nitrogen and oxygen atoms in total. The average molecular weight is 438 g/mol. The van der Waals surface area contributed by atoms with Crippen LogP contribution < -0.4 is 4.74 Å². The fourth-order valence-corrected chi connectivity index (χ4v) is 4.44. The molecule has 1 saturated heterocycles. The lowest BCUT2D eigenvalue weighted by atomic mass is 10.0. The van der Waals surface area contributed by atoms with Crippen LogP contribution in [-0.2, 0) is 4.74 Å². The molecule has 2 aromatic rings. The average Bonchev–Trinajstić information content (AvgIpc) is 2.78. The maximum atomic E-state index is 11.4.